The van der Waals surface area contributed by atoms with E-state index in [1.807, 2.05) is 34.7 Å². The van der Waals surface area contributed by atoms with E-state index >= 15 is 0 Å². The lowest BCUT2D eigenvalue weighted by Gasteiger charge is -2.30. The lowest BCUT2D eigenvalue weighted by atomic mass is 9.85. The van der Waals surface area contributed by atoms with Crippen molar-refractivity contribution in [1.29, 1.82) is 0 Å². The fourth-order valence-corrected chi connectivity index (χ4v) is 0.925. The molecule has 2 heteroatoms. The Balaban J connectivity index is 4.22. The monoisotopic (exact) mass is 157 g/mol. The summed E-state index contributed by atoms with van der Waals surface area (Å²) in [7, 11) is 1.89. The number of rotatable bonds is 4. The number of Topliss-reactive ketones (excluding diaryl/α,β-unsaturated/α-hetero) is 1. The lowest BCUT2D eigenvalue weighted by Crippen LogP contribution is -2.45. The molecule has 0 saturated heterocycles. The number of nitrogens with one attached hydrogen (secondary N) is 1. The van der Waals surface area contributed by atoms with E-state index in [9.17, 15) is 4.79 Å². The maximum absolute atomic E-state index is 11.3. The van der Waals surface area contributed by atoms with Gasteiger partial charge in [0.2, 0.25) is 0 Å². The van der Waals surface area contributed by atoms with E-state index in [0.29, 0.717) is 12.2 Å². The number of carbonyl (C=O) groups is 1. The van der Waals surface area contributed by atoms with Gasteiger partial charge in [-0.15, -0.1) is 0 Å². The van der Waals surface area contributed by atoms with E-state index in [2.05, 4.69) is 5.32 Å². The third-order valence-corrected chi connectivity index (χ3v) is 2.56. The van der Waals surface area contributed by atoms with E-state index in [-0.39, 0.29) is 11.5 Å². The van der Waals surface area contributed by atoms with Crippen LogP contribution < -0.4 is 5.32 Å². The van der Waals surface area contributed by atoms with Gasteiger partial charge >= 0.3 is 0 Å². The quantitative estimate of drug-likeness (QED) is 0.671. The van der Waals surface area contributed by atoms with E-state index in [4.69, 9.17) is 0 Å². The molecular weight excluding hydrogens is 138 g/mol. The molecule has 0 aliphatic heterocycles. The summed E-state index contributed by atoms with van der Waals surface area (Å²) < 4.78 is 0. The molecule has 11 heavy (non-hydrogen) atoms. The van der Waals surface area contributed by atoms with Gasteiger partial charge in [0.15, 0.2) is 0 Å². The molecule has 0 spiro atoms. The van der Waals surface area contributed by atoms with Gasteiger partial charge < -0.3 is 5.32 Å². The van der Waals surface area contributed by atoms with Gasteiger partial charge in [0.05, 0.1) is 0 Å². The van der Waals surface area contributed by atoms with Crippen LogP contribution in [0.5, 0.6) is 0 Å². The van der Waals surface area contributed by atoms with E-state index in [1.165, 1.54) is 0 Å². The van der Waals surface area contributed by atoms with Crippen LogP contribution in [-0.2, 0) is 4.79 Å². The molecule has 0 rings (SSSR count). The molecule has 0 aromatic rings. The van der Waals surface area contributed by atoms with Crippen molar-refractivity contribution < 1.29 is 4.79 Å². The zero-order chi connectivity index (χ0) is 9.07. The summed E-state index contributed by atoms with van der Waals surface area (Å²) in [4.78, 5) is 11.3. The molecular formula is C9H19NO. The first-order chi connectivity index (χ1) is 4.95. The van der Waals surface area contributed by atoms with Crippen LogP contribution in [0.3, 0.4) is 0 Å². The van der Waals surface area contributed by atoms with Gasteiger partial charge in [-0.1, -0.05) is 13.8 Å². The number of carbonyl (C=O) groups excluding carboxylic acids is 1. The molecule has 0 aliphatic rings. The van der Waals surface area contributed by atoms with Crippen LogP contribution in [-0.4, -0.2) is 18.4 Å². The van der Waals surface area contributed by atoms with Gasteiger partial charge in [-0.3, -0.25) is 4.79 Å². The SMILES string of the molecule is CCC(=O)C(C)C(C)(C)NC. The zero-order valence-electron chi connectivity index (χ0n) is 8.19. The van der Waals surface area contributed by atoms with Crippen LogP contribution in [0.25, 0.3) is 0 Å². The highest BCUT2D eigenvalue weighted by molar-refractivity contribution is 5.81. The number of hydrogen-bond acceptors (Lipinski definition) is 2. The van der Waals surface area contributed by atoms with E-state index < -0.39 is 0 Å². The number of hydrogen-bond donors (Lipinski definition) is 1. The molecule has 0 bridgehead atoms. The van der Waals surface area contributed by atoms with Crippen LogP contribution in [0.15, 0.2) is 0 Å². The molecule has 1 N–H and O–H groups in total. The Morgan fingerprint density at radius 2 is 2.00 bits per heavy atom. The second kappa shape index (κ2) is 3.86. The first kappa shape index (κ1) is 10.6. The van der Waals surface area contributed by atoms with Crippen molar-refractivity contribution in [1.82, 2.24) is 5.32 Å². The van der Waals surface area contributed by atoms with Gasteiger partial charge in [0, 0.05) is 17.9 Å². The van der Waals surface area contributed by atoms with Crippen LogP contribution in [0.1, 0.15) is 34.1 Å². The summed E-state index contributed by atoms with van der Waals surface area (Å²) in [5.74, 6) is 0.418. The highest BCUT2D eigenvalue weighted by atomic mass is 16.1. The highest BCUT2D eigenvalue weighted by Crippen LogP contribution is 2.17. The average Bonchev–Trinajstić information content (AvgIpc) is 2.01. The number of ketones is 1. The van der Waals surface area contributed by atoms with Crippen molar-refractivity contribution in [3.63, 3.8) is 0 Å². The summed E-state index contributed by atoms with van der Waals surface area (Å²) in [5, 5.41) is 3.14. The molecule has 66 valence electrons. The Labute approximate surface area is 69.4 Å². The second-order valence-electron chi connectivity index (χ2n) is 3.51. The van der Waals surface area contributed by atoms with Gasteiger partial charge in [-0.05, 0) is 20.9 Å². The Kier molecular flexibility index (Phi) is 3.73. The molecule has 0 heterocycles. The summed E-state index contributed by atoms with van der Waals surface area (Å²) in [6.45, 7) is 7.98. The van der Waals surface area contributed by atoms with Crippen molar-refractivity contribution in [3.8, 4) is 0 Å². The fraction of sp³-hybridized carbons (Fsp3) is 0.889. The molecule has 1 atom stereocenters. The molecule has 0 aromatic carbocycles. The second-order valence-corrected chi connectivity index (χ2v) is 3.51. The fourth-order valence-electron chi connectivity index (χ4n) is 0.925. The van der Waals surface area contributed by atoms with Crippen LogP contribution in [0, 0.1) is 5.92 Å². The largest absolute Gasteiger partial charge is 0.314 e. The van der Waals surface area contributed by atoms with Gasteiger partial charge in [0.1, 0.15) is 5.78 Å². The Hall–Kier alpha value is -0.370. The van der Waals surface area contributed by atoms with Crippen LogP contribution >= 0.6 is 0 Å². The molecule has 1 unspecified atom stereocenters. The molecule has 0 aliphatic carbocycles. The van der Waals surface area contributed by atoms with Crippen molar-refractivity contribution in [2.45, 2.75) is 39.7 Å². The molecule has 0 amide bonds. The third kappa shape index (κ3) is 2.62. The standard InChI is InChI=1S/C9H19NO/c1-6-8(11)7(2)9(3,4)10-5/h7,10H,6H2,1-5H3. The zero-order valence-corrected chi connectivity index (χ0v) is 8.19. The molecule has 0 aromatic heterocycles. The Morgan fingerprint density at radius 3 is 2.27 bits per heavy atom. The lowest BCUT2D eigenvalue weighted by molar-refractivity contribution is -0.124. The van der Waals surface area contributed by atoms with Crippen molar-refractivity contribution in [2.75, 3.05) is 7.05 Å². The van der Waals surface area contributed by atoms with Crippen LogP contribution in [0.2, 0.25) is 0 Å². The Morgan fingerprint density at radius 1 is 1.55 bits per heavy atom. The minimum absolute atomic E-state index is 0.0763. The normalized spacial score (nSPS) is 14.6. The Bertz CT molecular complexity index is 140. The minimum Gasteiger partial charge on any atom is -0.314 e. The van der Waals surface area contributed by atoms with Gasteiger partial charge in [0.25, 0.3) is 0 Å². The summed E-state index contributed by atoms with van der Waals surface area (Å²) >= 11 is 0. The maximum Gasteiger partial charge on any atom is 0.137 e. The molecule has 0 radical (unpaired) electrons. The van der Waals surface area contributed by atoms with Crippen molar-refractivity contribution >= 4 is 5.78 Å². The topological polar surface area (TPSA) is 29.1 Å². The smallest absolute Gasteiger partial charge is 0.137 e. The molecule has 0 fully saturated rings. The maximum atomic E-state index is 11.3. The molecule has 0 saturated carbocycles. The first-order valence-electron chi connectivity index (χ1n) is 4.17. The predicted molar refractivity (Wildman–Crippen MR) is 47.6 cm³/mol. The third-order valence-electron chi connectivity index (χ3n) is 2.56. The summed E-state index contributed by atoms with van der Waals surface area (Å²) in [5.41, 5.74) is -0.0763. The van der Waals surface area contributed by atoms with Crippen molar-refractivity contribution in [3.05, 3.63) is 0 Å². The minimum atomic E-state index is -0.0763. The highest BCUT2D eigenvalue weighted by Gasteiger charge is 2.27. The average molecular weight is 157 g/mol. The van der Waals surface area contributed by atoms with Gasteiger partial charge in [-0.25, -0.2) is 0 Å². The van der Waals surface area contributed by atoms with Gasteiger partial charge in [-0.2, -0.15) is 0 Å². The molecule has 2 nitrogen and oxygen atoms in total. The predicted octanol–water partition coefficient (Wildman–Crippen LogP) is 1.60. The van der Waals surface area contributed by atoms with Crippen molar-refractivity contribution in [2.24, 2.45) is 5.92 Å². The van der Waals surface area contributed by atoms with Crippen LogP contribution in [0.4, 0.5) is 0 Å². The van der Waals surface area contributed by atoms with E-state index in [0.717, 1.165) is 0 Å². The first-order valence-corrected chi connectivity index (χ1v) is 4.17. The summed E-state index contributed by atoms with van der Waals surface area (Å²) in [6, 6.07) is 0. The summed E-state index contributed by atoms with van der Waals surface area (Å²) in [6.07, 6.45) is 0.631. The van der Waals surface area contributed by atoms with E-state index in [1.54, 1.807) is 0 Å².